The van der Waals surface area contributed by atoms with Crippen LogP contribution in [0.25, 0.3) is 10.9 Å². The SMILES string of the molecule is CC(=O)[C@@H](C)[C@H]1CC[C@@H](c2ccnc3ccccc32)CC1. The van der Waals surface area contributed by atoms with Crippen LogP contribution in [0.4, 0.5) is 0 Å². The maximum Gasteiger partial charge on any atom is 0.132 e. The third-order valence-corrected chi connectivity index (χ3v) is 5.24. The molecule has 0 aliphatic heterocycles. The van der Waals surface area contributed by atoms with E-state index in [0.717, 1.165) is 5.52 Å². The van der Waals surface area contributed by atoms with Gasteiger partial charge in [-0.1, -0.05) is 25.1 Å². The first kappa shape index (κ1) is 14.2. The molecule has 0 saturated heterocycles. The lowest BCUT2D eigenvalue weighted by Crippen LogP contribution is -2.23. The molecule has 1 heterocycles. The smallest absolute Gasteiger partial charge is 0.132 e. The van der Waals surface area contributed by atoms with Gasteiger partial charge in [-0.3, -0.25) is 9.78 Å². The van der Waals surface area contributed by atoms with Gasteiger partial charge in [-0.2, -0.15) is 0 Å². The summed E-state index contributed by atoms with van der Waals surface area (Å²) in [5.41, 5.74) is 2.53. The van der Waals surface area contributed by atoms with Crippen molar-refractivity contribution in [2.75, 3.05) is 0 Å². The Hall–Kier alpha value is -1.70. The molecule has 1 saturated carbocycles. The molecule has 0 spiro atoms. The van der Waals surface area contributed by atoms with Gasteiger partial charge < -0.3 is 0 Å². The van der Waals surface area contributed by atoms with Crippen LogP contribution in [0.15, 0.2) is 36.5 Å². The van der Waals surface area contributed by atoms with Gasteiger partial charge in [0.15, 0.2) is 0 Å². The summed E-state index contributed by atoms with van der Waals surface area (Å²) in [6.45, 7) is 3.82. The first-order chi connectivity index (χ1) is 10.2. The van der Waals surface area contributed by atoms with Gasteiger partial charge in [-0.05, 0) is 62.1 Å². The first-order valence-corrected chi connectivity index (χ1v) is 8.01. The van der Waals surface area contributed by atoms with Gasteiger partial charge in [0.05, 0.1) is 5.52 Å². The Balaban J connectivity index is 1.79. The van der Waals surface area contributed by atoms with Crippen LogP contribution in [0.2, 0.25) is 0 Å². The number of Topliss-reactive ketones (excluding diaryl/α,β-unsaturated/α-hetero) is 1. The Kier molecular flexibility index (Phi) is 4.05. The molecule has 0 radical (unpaired) electrons. The van der Waals surface area contributed by atoms with Crippen LogP contribution >= 0.6 is 0 Å². The van der Waals surface area contributed by atoms with Crippen molar-refractivity contribution >= 4 is 16.7 Å². The zero-order valence-corrected chi connectivity index (χ0v) is 12.9. The van der Waals surface area contributed by atoms with Gasteiger partial charge in [0.25, 0.3) is 0 Å². The van der Waals surface area contributed by atoms with Crippen molar-refractivity contribution in [3.8, 4) is 0 Å². The number of nitrogens with zero attached hydrogens (tertiary/aromatic N) is 1. The summed E-state index contributed by atoms with van der Waals surface area (Å²) in [6, 6.07) is 10.6. The zero-order valence-electron chi connectivity index (χ0n) is 12.9. The molecule has 1 atom stereocenters. The van der Waals surface area contributed by atoms with E-state index in [9.17, 15) is 4.79 Å². The molecule has 1 aliphatic carbocycles. The lowest BCUT2D eigenvalue weighted by Gasteiger charge is -2.32. The second kappa shape index (κ2) is 5.97. The lowest BCUT2D eigenvalue weighted by atomic mass is 9.73. The molecule has 0 N–H and O–H groups in total. The van der Waals surface area contributed by atoms with E-state index in [0.29, 0.717) is 17.6 Å². The summed E-state index contributed by atoms with van der Waals surface area (Å²) in [6.07, 6.45) is 6.65. The molecule has 1 aromatic heterocycles. The molecule has 21 heavy (non-hydrogen) atoms. The van der Waals surface area contributed by atoms with E-state index in [2.05, 4.69) is 36.2 Å². The Morgan fingerprint density at radius 1 is 1.14 bits per heavy atom. The van der Waals surface area contributed by atoms with Crippen molar-refractivity contribution in [2.24, 2.45) is 11.8 Å². The van der Waals surface area contributed by atoms with E-state index in [4.69, 9.17) is 0 Å². The number of hydrogen-bond donors (Lipinski definition) is 0. The minimum absolute atomic E-state index is 0.222. The third-order valence-electron chi connectivity index (χ3n) is 5.24. The maximum absolute atomic E-state index is 11.6. The number of rotatable bonds is 3. The number of para-hydroxylation sites is 1. The number of aromatic nitrogens is 1. The van der Waals surface area contributed by atoms with E-state index in [1.807, 2.05) is 12.3 Å². The zero-order chi connectivity index (χ0) is 14.8. The fraction of sp³-hybridized carbons (Fsp3) is 0.474. The van der Waals surface area contributed by atoms with E-state index < -0.39 is 0 Å². The summed E-state index contributed by atoms with van der Waals surface area (Å²) in [7, 11) is 0. The van der Waals surface area contributed by atoms with Crippen LogP contribution in [0, 0.1) is 11.8 Å². The van der Waals surface area contributed by atoms with Crippen molar-refractivity contribution in [2.45, 2.75) is 45.4 Å². The predicted octanol–water partition coefficient (Wildman–Crippen LogP) is 4.73. The minimum atomic E-state index is 0.222. The molecule has 0 amide bonds. The summed E-state index contributed by atoms with van der Waals surface area (Å²) in [5.74, 6) is 1.76. The van der Waals surface area contributed by atoms with E-state index >= 15 is 0 Å². The van der Waals surface area contributed by atoms with Crippen molar-refractivity contribution in [1.82, 2.24) is 4.98 Å². The minimum Gasteiger partial charge on any atom is -0.300 e. The van der Waals surface area contributed by atoms with Crippen LogP contribution in [0.1, 0.15) is 51.0 Å². The van der Waals surface area contributed by atoms with Crippen molar-refractivity contribution in [1.29, 1.82) is 0 Å². The quantitative estimate of drug-likeness (QED) is 0.813. The number of pyridine rings is 1. The van der Waals surface area contributed by atoms with Crippen molar-refractivity contribution in [3.05, 3.63) is 42.1 Å². The van der Waals surface area contributed by atoms with Gasteiger partial charge in [0.2, 0.25) is 0 Å². The Bertz CT molecular complexity index is 636. The standard InChI is InChI=1S/C19H23NO/c1-13(14(2)21)15-7-9-16(10-8-15)17-11-12-20-19-6-4-3-5-18(17)19/h3-6,11-13,15-16H,7-10H2,1-2H3/t13-,15-,16+/m1/s1. The highest BCUT2D eigenvalue weighted by Crippen LogP contribution is 2.40. The molecule has 2 heteroatoms. The fourth-order valence-corrected chi connectivity index (χ4v) is 3.74. The summed E-state index contributed by atoms with van der Waals surface area (Å²) < 4.78 is 0. The second-order valence-electron chi connectivity index (χ2n) is 6.43. The summed E-state index contributed by atoms with van der Waals surface area (Å²) in [4.78, 5) is 16.0. The number of carbonyl (C=O) groups is 1. The molecule has 2 aromatic rings. The van der Waals surface area contributed by atoms with Gasteiger partial charge in [0, 0.05) is 17.5 Å². The predicted molar refractivity (Wildman–Crippen MR) is 86.3 cm³/mol. The maximum atomic E-state index is 11.6. The fourth-order valence-electron chi connectivity index (χ4n) is 3.74. The summed E-state index contributed by atoms with van der Waals surface area (Å²) in [5, 5.41) is 1.29. The number of carbonyl (C=O) groups excluding carboxylic acids is 1. The third kappa shape index (κ3) is 2.85. The number of fused-ring (bicyclic) bond motifs is 1. The number of ketones is 1. The van der Waals surface area contributed by atoms with Crippen LogP contribution in [0.3, 0.4) is 0 Å². The van der Waals surface area contributed by atoms with E-state index in [-0.39, 0.29) is 5.92 Å². The van der Waals surface area contributed by atoms with Gasteiger partial charge >= 0.3 is 0 Å². The molecule has 1 aliphatic rings. The van der Waals surface area contributed by atoms with Crippen LogP contribution < -0.4 is 0 Å². The molecule has 3 rings (SSSR count). The van der Waals surface area contributed by atoms with Crippen LogP contribution in [0.5, 0.6) is 0 Å². The molecule has 1 fully saturated rings. The average molecular weight is 281 g/mol. The van der Waals surface area contributed by atoms with Crippen molar-refractivity contribution < 1.29 is 4.79 Å². The lowest BCUT2D eigenvalue weighted by molar-refractivity contribution is -0.122. The highest BCUT2D eigenvalue weighted by atomic mass is 16.1. The Morgan fingerprint density at radius 2 is 1.86 bits per heavy atom. The van der Waals surface area contributed by atoms with E-state index in [1.54, 1.807) is 6.92 Å². The first-order valence-electron chi connectivity index (χ1n) is 8.01. The Labute approximate surface area is 126 Å². The molecular formula is C19H23NO. The Morgan fingerprint density at radius 3 is 2.57 bits per heavy atom. The molecule has 0 unspecified atom stereocenters. The van der Waals surface area contributed by atoms with Gasteiger partial charge in [-0.25, -0.2) is 0 Å². The van der Waals surface area contributed by atoms with Crippen LogP contribution in [-0.4, -0.2) is 10.8 Å². The molecule has 110 valence electrons. The highest BCUT2D eigenvalue weighted by Gasteiger charge is 2.28. The second-order valence-corrected chi connectivity index (χ2v) is 6.43. The molecule has 2 nitrogen and oxygen atoms in total. The van der Waals surface area contributed by atoms with Crippen LogP contribution in [-0.2, 0) is 4.79 Å². The molecule has 1 aromatic carbocycles. The van der Waals surface area contributed by atoms with Gasteiger partial charge in [-0.15, -0.1) is 0 Å². The normalized spacial score (nSPS) is 23.9. The summed E-state index contributed by atoms with van der Waals surface area (Å²) >= 11 is 0. The van der Waals surface area contributed by atoms with Crippen molar-refractivity contribution in [3.63, 3.8) is 0 Å². The van der Waals surface area contributed by atoms with Gasteiger partial charge in [0.1, 0.15) is 5.78 Å². The number of hydrogen-bond acceptors (Lipinski definition) is 2. The monoisotopic (exact) mass is 281 g/mol. The molecule has 0 bridgehead atoms. The van der Waals surface area contributed by atoms with E-state index in [1.165, 1.54) is 36.6 Å². The molecular weight excluding hydrogens is 258 g/mol. The topological polar surface area (TPSA) is 30.0 Å². The average Bonchev–Trinajstić information content (AvgIpc) is 2.53. The highest BCUT2D eigenvalue weighted by molar-refractivity contribution is 5.82. The number of benzene rings is 1. The largest absolute Gasteiger partial charge is 0.300 e.